The number of fused-ring (bicyclic) bond motifs is 1. The van der Waals surface area contributed by atoms with E-state index in [9.17, 15) is 9.59 Å². The van der Waals surface area contributed by atoms with Gasteiger partial charge >= 0.3 is 5.97 Å². The van der Waals surface area contributed by atoms with Crippen LogP contribution in [0, 0.1) is 11.8 Å². The molecule has 0 aromatic carbocycles. The summed E-state index contributed by atoms with van der Waals surface area (Å²) >= 11 is 0. The smallest absolute Gasteiger partial charge is 0.310 e. The Hall–Kier alpha value is -1.36. The Morgan fingerprint density at radius 3 is 3.13 bits per heavy atom. The Morgan fingerprint density at radius 1 is 1.73 bits per heavy atom. The molecule has 4 atom stereocenters. The van der Waals surface area contributed by atoms with Crippen LogP contribution in [0.3, 0.4) is 0 Å². The first kappa shape index (κ1) is 8.91. The highest BCUT2D eigenvalue weighted by Gasteiger charge is 2.66. The van der Waals surface area contributed by atoms with Gasteiger partial charge in [-0.05, 0) is 0 Å². The van der Waals surface area contributed by atoms with E-state index in [-0.39, 0.29) is 5.91 Å². The molecule has 3 aliphatic heterocycles. The number of amides is 1. The summed E-state index contributed by atoms with van der Waals surface area (Å²) in [6.45, 7) is 0.466. The molecule has 3 unspecified atom stereocenters. The van der Waals surface area contributed by atoms with Crippen molar-refractivity contribution in [1.29, 1.82) is 0 Å². The number of carbonyl (C=O) groups excluding carboxylic acids is 1. The zero-order chi connectivity index (χ0) is 10.8. The Bertz CT molecular complexity index is 391. The summed E-state index contributed by atoms with van der Waals surface area (Å²) in [6, 6.07) is 0. The molecule has 1 N–H and O–H groups in total. The van der Waals surface area contributed by atoms with Crippen LogP contribution in [-0.2, 0) is 14.3 Å². The molecular weight excluding hydrogens is 198 g/mol. The summed E-state index contributed by atoms with van der Waals surface area (Å²) in [6.07, 6.45) is 3.19. The average Bonchev–Trinajstić information content (AvgIpc) is 2.75. The normalized spacial score (nSPS) is 46.3. The second-order valence-corrected chi connectivity index (χ2v) is 4.43. The fourth-order valence-electron chi connectivity index (χ4n) is 2.97. The van der Waals surface area contributed by atoms with Gasteiger partial charge in [0.25, 0.3) is 0 Å². The molecule has 2 fully saturated rings. The summed E-state index contributed by atoms with van der Waals surface area (Å²) in [5.74, 6) is -2.31. The molecule has 1 amide bonds. The number of ether oxygens (including phenoxy) is 1. The van der Waals surface area contributed by atoms with Gasteiger partial charge in [0.1, 0.15) is 11.5 Å². The van der Waals surface area contributed by atoms with E-state index in [1.54, 1.807) is 18.0 Å². The molecule has 0 aromatic heterocycles. The molecule has 80 valence electrons. The van der Waals surface area contributed by atoms with Crippen molar-refractivity contribution in [1.82, 2.24) is 4.90 Å². The van der Waals surface area contributed by atoms with Gasteiger partial charge in [-0.3, -0.25) is 9.59 Å². The van der Waals surface area contributed by atoms with Crippen LogP contribution < -0.4 is 0 Å². The molecule has 5 heteroatoms. The first-order valence-corrected chi connectivity index (χ1v) is 4.90. The molecule has 1 spiro atoms. The lowest BCUT2D eigenvalue weighted by molar-refractivity contribution is -0.147. The van der Waals surface area contributed by atoms with Gasteiger partial charge in [-0.25, -0.2) is 0 Å². The first-order valence-electron chi connectivity index (χ1n) is 4.90. The second kappa shape index (κ2) is 2.41. The van der Waals surface area contributed by atoms with Gasteiger partial charge < -0.3 is 14.7 Å². The quantitative estimate of drug-likeness (QED) is 0.590. The van der Waals surface area contributed by atoms with Gasteiger partial charge in [0.05, 0.1) is 18.6 Å². The van der Waals surface area contributed by atoms with Gasteiger partial charge in [-0.2, -0.15) is 0 Å². The Kier molecular flexibility index (Phi) is 1.43. The monoisotopic (exact) mass is 209 g/mol. The Balaban J connectivity index is 2.08. The van der Waals surface area contributed by atoms with E-state index >= 15 is 0 Å². The van der Waals surface area contributed by atoms with Crippen molar-refractivity contribution < 1.29 is 19.4 Å². The van der Waals surface area contributed by atoms with Crippen LogP contribution in [0.4, 0.5) is 0 Å². The van der Waals surface area contributed by atoms with Crippen LogP contribution in [0.15, 0.2) is 12.2 Å². The highest BCUT2D eigenvalue weighted by molar-refractivity contribution is 5.90. The molecular formula is C10H11NO4. The number of likely N-dealkylation sites (N-methyl/N-ethyl adjacent to an activating group) is 1. The van der Waals surface area contributed by atoms with Crippen LogP contribution in [0.2, 0.25) is 0 Å². The topological polar surface area (TPSA) is 66.8 Å². The Morgan fingerprint density at radius 2 is 2.47 bits per heavy atom. The molecule has 0 saturated carbocycles. The molecule has 0 radical (unpaired) electrons. The number of carboxylic acids is 1. The zero-order valence-electron chi connectivity index (χ0n) is 8.21. The molecule has 15 heavy (non-hydrogen) atoms. The number of carbonyl (C=O) groups is 2. The second-order valence-electron chi connectivity index (χ2n) is 4.43. The van der Waals surface area contributed by atoms with Gasteiger partial charge in [0, 0.05) is 7.05 Å². The standard InChI is InChI=1S/C10H11NO4/c1-11-4-10-3-2-5(15-10)6(9(13)14)7(10)8(11)12/h2-3,5-7H,4H2,1H3,(H,13,14)/t5?,6?,7?,10-/m1/s1. The maximum absolute atomic E-state index is 11.8. The van der Waals surface area contributed by atoms with Crippen LogP contribution in [0.25, 0.3) is 0 Å². The van der Waals surface area contributed by atoms with E-state index in [1.165, 1.54) is 0 Å². The molecule has 3 heterocycles. The highest BCUT2D eigenvalue weighted by Crippen LogP contribution is 2.51. The predicted octanol–water partition coefficient (Wildman–Crippen LogP) is -0.517. The molecule has 0 aromatic rings. The number of hydrogen-bond donors (Lipinski definition) is 1. The fourth-order valence-corrected chi connectivity index (χ4v) is 2.97. The van der Waals surface area contributed by atoms with Crippen LogP contribution in [0.5, 0.6) is 0 Å². The van der Waals surface area contributed by atoms with Crippen molar-refractivity contribution in [3.63, 3.8) is 0 Å². The third kappa shape index (κ3) is 0.866. The lowest BCUT2D eigenvalue weighted by atomic mass is 9.77. The lowest BCUT2D eigenvalue weighted by Gasteiger charge is -2.21. The third-order valence-corrected chi connectivity index (χ3v) is 3.57. The number of likely N-dealkylation sites (tertiary alicyclic amines) is 1. The first-order chi connectivity index (χ1) is 7.05. The predicted molar refractivity (Wildman–Crippen MR) is 49.0 cm³/mol. The van der Waals surface area contributed by atoms with Crippen molar-refractivity contribution in [3.8, 4) is 0 Å². The van der Waals surface area contributed by atoms with Gasteiger partial charge in [0.2, 0.25) is 5.91 Å². The highest BCUT2D eigenvalue weighted by atomic mass is 16.5. The number of hydrogen-bond acceptors (Lipinski definition) is 3. The molecule has 2 saturated heterocycles. The molecule has 2 bridgehead atoms. The van der Waals surface area contributed by atoms with Crippen LogP contribution >= 0.6 is 0 Å². The van der Waals surface area contributed by atoms with Gasteiger partial charge in [0.15, 0.2) is 0 Å². The minimum atomic E-state index is -0.945. The Labute approximate surface area is 86.3 Å². The van der Waals surface area contributed by atoms with E-state index in [0.717, 1.165) is 0 Å². The molecule has 0 aliphatic carbocycles. The molecule has 5 nitrogen and oxygen atoms in total. The van der Waals surface area contributed by atoms with Gasteiger partial charge in [-0.1, -0.05) is 12.2 Å². The van der Waals surface area contributed by atoms with Gasteiger partial charge in [-0.15, -0.1) is 0 Å². The minimum Gasteiger partial charge on any atom is -0.481 e. The van der Waals surface area contributed by atoms with Crippen molar-refractivity contribution in [2.45, 2.75) is 11.7 Å². The third-order valence-electron chi connectivity index (χ3n) is 3.57. The maximum atomic E-state index is 11.8. The number of nitrogens with zero attached hydrogens (tertiary/aromatic N) is 1. The van der Waals surface area contributed by atoms with Crippen molar-refractivity contribution in [2.75, 3.05) is 13.6 Å². The maximum Gasteiger partial charge on any atom is 0.310 e. The summed E-state index contributed by atoms with van der Waals surface area (Å²) in [4.78, 5) is 24.5. The van der Waals surface area contributed by atoms with E-state index in [4.69, 9.17) is 9.84 Å². The van der Waals surface area contributed by atoms with E-state index in [2.05, 4.69) is 0 Å². The van der Waals surface area contributed by atoms with Crippen molar-refractivity contribution in [3.05, 3.63) is 12.2 Å². The van der Waals surface area contributed by atoms with E-state index < -0.39 is 29.5 Å². The SMILES string of the molecule is CN1C[C@@]23C=CC(O2)C(C(=O)O)C3C1=O. The van der Waals surface area contributed by atoms with E-state index in [0.29, 0.717) is 6.54 Å². The lowest BCUT2D eigenvalue weighted by Crippen LogP contribution is -2.38. The van der Waals surface area contributed by atoms with E-state index in [1.807, 2.05) is 6.08 Å². The van der Waals surface area contributed by atoms with Crippen molar-refractivity contribution >= 4 is 11.9 Å². The minimum absolute atomic E-state index is 0.116. The summed E-state index contributed by atoms with van der Waals surface area (Å²) in [5.41, 5.74) is -0.667. The molecule has 3 rings (SSSR count). The summed E-state index contributed by atoms with van der Waals surface area (Å²) in [7, 11) is 1.68. The molecule has 3 aliphatic rings. The zero-order valence-corrected chi connectivity index (χ0v) is 8.21. The van der Waals surface area contributed by atoms with Crippen LogP contribution in [-0.4, -0.2) is 47.2 Å². The van der Waals surface area contributed by atoms with Crippen molar-refractivity contribution in [2.24, 2.45) is 11.8 Å². The number of aliphatic carboxylic acids is 1. The number of carboxylic acid groups (broad SMARTS) is 1. The fraction of sp³-hybridized carbons (Fsp3) is 0.600. The number of rotatable bonds is 1. The van der Waals surface area contributed by atoms with Crippen LogP contribution in [0.1, 0.15) is 0 Å². The average molecular weight is 209 g/mol. The largest absolute Gasteiger partial charge is 0.481 e. The summed E-state index contributed by atoms with van der Waals surface area (Å²) < 4.78 is 5.64. The summed E-state index contributed by atoms with van der Waals surface area (Å²) in [5, 5.41) is 9.10.